The lowest BCUT2D eigenvalue weighted by molar-refractivity contribution is 0.469. The molecule has 4 nitrogen and oxygen atoms in total. The van der Waals surface area contributed by atoms with Gasteiger partial charge in [-0.3, -0.25) is 4.40 Å². The van der Waals surface area contributed by atoms with Crippen molar-refractivity contribution in [1.29, 1.82) is 0 Å². The molecule has 2 aromatic heterocycles. The molecule has 74 valence electrons. The number of aromatic nitrogens is 4. The number of hydrogen-bond acceptors (Lipinski definition) is 3. The second kappa shape index (κ2) is 3.04. The van der Waals surface area contributed by atoms with Crippen LogP contribution >= 0.6 is 0 Å². The van der Waals surface area contributed by atoms with Crippen LogP contribution in [-0.4, -0.2) is 19.4 Å². The predicted molar refractivity (Wildman–Crippen MR) is 54.1 cm³/mol. The Balaban J connectivity index is 2.64. The second-order valence-electron chi connectivity index (χ2n) is 4.06. The van der Waals surface area contributed by atoms with Gasteiger partial charge in [0, 0.05) is 5.41 Å². The Hall–Kier alpha value is -1.45. The van der Waals surface area contributed by atoms with Crippen LogP contribution in [0.1, 0.15) is 33.0 Å². The number of hydrogen-bond donors (Lipinski definition) is 0. The largest absolute Gasteiger partial charge is 0.270 e. The minimum Gasteiger partial charge on any atom is -0.270 e. The fraction of sp³-hybridized carbons (Fsp3) is 0.500. The van der Waals surface area contributed by atoms with Gasteiger partial charge in [0.05, 0.1) is 6.20 Å². The minimum atomic E-state index is 0.0666. The third kappa shape index (κ3) is 1.27. The van der Waals surface area contributed by atoms with Crippen molar-refractivity contribution in [3.8, 4) is 0 Å². The van der Waals surface area contributed by atoms with E-state index in [1.807, 2.05) is 4.40 Å². The van der Waals surface area contributed by atoms with Crippen molar-refractivity contribution >= 4 is 5.65 Å². The zero-order valence-corrected chi connectivity index (χ0v) is 8.73. The molecule has 0 bridgehead atoms. The SMILES string of the molecule is CCC(C)(C)c1ncc2ncncn12. The first-order valence-corrected chi connectivity index (χ1v) is 4.78. The van der Waals surface area contributed by atoms with E-state index in [2.05, 4.69) is 35.7 Å². The van der Waals surface area contributed by atoms with Gasteiger partial charge in [0.1, 0.15) is 18.5 Å². The van der Waals surface area contributed by atoms with Gasteiger partial charge in [-0.2, -0.15) is 0 Å². The molecule has 0 aliphatic rings. The van der Waals surface area contributed by atoms with Gasteiger partial charge in [0.25, 0.3) is 0 Å². The van der Waals surface area contributed by atoms with E-state index in [-0.39, 0.29) is 5.41 Å². The highest BCUT2D eigenvalue weighted by Crippen LogP contribution is 2.25. The van der Waals surface area contributed by atoms with Gasteiger partial charge < -0.3 is 0 Å². The molecule has 0 aromatic carbocycles. The molecule has 0 N–H and O–H groups in total. The molecule has 2 rings (SSSR count). The number of rotatable bonds is 2. The number of imidazole rings is 1. The molecule has 14 heavy (non-hydrogen) atoms. The van der Waals surface area contributed by atoms with Crippen molar-refractivity contribution in [1.82, 2.24) is 19.4 Å². The summed E-state index contributed by atoms with van der Waals surface area (Å²) in [5.74, 6) is 1.02. The van der Waals surface area contributed by atoms with Crippen LogP contribution in [0.4, 0.5) is 0 Å². The first-order valence-electron chi connectivity index (χ1n) is 4.78. The maximum atomic E-state index is 4.40. The van der Waals surface area contributed by atoms with Crippen molar-refractivity contribution in [3.63, 3.8) is 0 Å². The highest BCUT2D eigenvalue weighted by atomic mass is 15.1. The predicted octanol–water partition coefficient (Wildman–Crippen LogP) is 1.81. The maximum absolute atomic E-state index is 4.40. The summed E-state index contributed by atoms with van der Waals surface area (Å²) in [4.78, 5) is 12.5. The minimum absolute atomic E-state index is 0.0666. The van der Waals surface area contributed by atoms with E-state index in [1.54, 1.807) is 18.9 Å². The van der Waals surface area contributed by atoms with E-state index in [0.717, 1.165) is 17.9 Å². The molecule has 0 aliphatic heterocycles. The van der Waals surface area contributed by atoms with Crippen LogP contribution in [0.2, 0.25) is 0 Å². The van der Waals surface area contributed by atoms with E-state index in [1.165, 1.54) is 0 Å². The lowest BCUT2D eigenvalue weighted by Gasteiger charge is -2.20. The summed E-state index contributed by atoms with van der Waals surface area (Å²) in [5.41, 5.74) is 0.924. The molecule has 0 saturated carbocycles. The summed E-state index contributed by atoms with van der Waals surface area (Å²) in [5, 5.41) is 0. The van der Waals surface area contributed by atoms with E-state index >= 15 is 0 Å². The Morgan fingerprint density at radius 1 is 1.36 bits per heavy atom. The molecule has 0 amide bonds. The highest BCUT2D eigenvalue weighted by molar-refractivity contribution is 5.36. The zero-order chi connectivity index (χ0) is 10.2. The van der Waals surface area contributed by atoms with E-state index in [4.69, 9.17) is 0 Å². The Kier molecular flexibility index (Phi) is 1.98. The molecule has 0 aliphatic carbocycles. The summed E-state index contributed by atoms with van der Waals surface area (Å²) in [6.45, 7) is 6.51. The van der Waals surface area contributed by atoms with E-state index in [0.29, 0.717) is 0 Å². The standard InChI is InChI=1S/C10H14N4/c1-4-10(2,3)9-12-5-8-13-6-11-7-14(8)9/h5-7H,4H2,1-3H3. The molecular weight excluding hydrogens is 176 g/mol. The molecule has 0 radical (unpaired) electrons. The third-order valence-corrected chi connectivity index (χ3v) is 2.71. The highest BCUT2D eigenvalue weighted by Gasteiger charge is 2.23. The lowest BCUT2D eigenvalue weighted by atomic mass is 9.89. The molecule has 0 fully saturated rings. The monoisotopic (exact) mass is 190 g/mol. The first kappa shape index (κ1) is 9.12. The van der Waals surface area contributed by atoms with E-state index < -0.39 is 0 Å². The lowest BCUT2D eigenvalue weighted by Crippen LogP contribution is -2.19. The van der Waals surface area contributed by atoms with Crippen LogP contribution in [-0.2, 0) is 5.41 Å². The first-order chi connectivity index (χ1) is 6.65. The topological polar surface area (TPSA) is 43.1 Å². The van der Waals surface area contributed by atoms with Crippen molar-refractivity contribution in [2.75, 3.05) is 0 Å². The van der Waals surface area contributed by atoms with Gasteiger partial charge in [-0.05, 0) is 6.42 Å². The molecular formula is C10H14N4. The van der Waals surface area contributed by atoms with Crippen LogP contribution in [0.5, 0.6) is 0 Å². The van der Waals surface area contributed by atoms with Crippen molar-refractivity contribution < 1.29 is 0 Å². The normalized spacial score (nSPS) is 12.2. The maximum Gasteiger partial charge on any atom is 0.159 e. The molecule has 2 aromatic rings. The van der Waals surface area contributed by atoms with Gasteiger partial charge in [0.15, 0.2) is 5.65 Å². The van der Waals surface area contributed by atoms with Crippen LogP contribution in [0, 0.1) is 0 Å². The molecule has 2 heterocycles. The average Bonchev–Trinajstić information content (AvgIpc) is 2.61. The number of fused-ring (bicyclic) bond motifs is 1. The van der Waals surface area contributed by atoms with E-state index in [9.17, 15) is 0 Å². The smallest absolute Gasteiger partial charge is 0.159 e. The quantitative estimate of drug-likeness (QED) is 0.725. The Morgan fingerprint density at radius 3 is 2.86 bits per heavy atom. The van der Waals surface area contributed by atoms with Gasteiger partial charge in [-0.25, -0.2) is 15.0 Å². The van der Waals surface area contributed by atoms with Crippen molar-refractivity contribution in [2.24, 2.45) is 0 Å². The average molecular weight is 190 g/mol. The Labute approximate surface area is 83.0 Å². The van der Waals surface area contributed by atoms with Gasteiger partial charge >= 0.3 is 0 Å². The number of nitrogens with zero attached hydrogens (tertiary/aromatic N) is 4. The molecule has 0 atom stereocenters. The Morgan fingerprint density at radius 2 is 2.14 bits per heavy atom. The summed E-state index contributed by atoms with van der Waals surface area (Å²) < 4.78 is 1.95. The summed E-state index contributed by atoms with van der Waals surface area (Å²) in [6, 6.07) is 0. The Bertz CT molecular complexity index is 444. The van der Waals surface area contributed by atoms with Crippen LogP contribution in [0.3, 0.4) is 0 Å². The summed E-state index contributed by atoms with van der Waals surface area (Å²) in [7, 11) is 0. The van der Waals surface area contributed by atoms with Crippen molar-refractivity contribution in [3.05, 3.63) is 24.7 Å². The zero-order valence-electron chi connectivity index (χ0n) is 8.73. The van der Waals surface area contributed by atoms with Crippen LogP contribution in [0.15, 0.2) is 18.9 Å². The molecule has 4 heteroatoms. The molecule has 0 unspecified atom stereocenters. The fourth-order valence-corrected chi connectivity index (χ4v) is 1.41. The van der Waals surface area contributed by atoms with Gasteiger partial charge in [0.2, 0.25) is 0 Å². The second-order valence-corrected chi connectivity index (χ2v) is 4.06. The third-order valence-electron chi connectivity index (χ3n) is 2.71. The summed E-state index contributed by atoms with van der Waals surface area (Å²) in [6.07, 6.45) is 6.14. The fourth-order valence-electron chi connectivity index (χ4n) is 1.41. The van der Waals surface area contributed by atoms with Crippen LogP contribution < -0.4 is 0 Å². The molecule has 0 spiro atoms. The van der Waals surface area contributed by atoms with Crippen LogP contribution in [0.25, 0.3) is 5.65 Å². The van der Waals surface area contributed by atoms with Gasteiger partial charge in [-0.15, -0.1) is 0 Å². The summed E-state index contributed by atoms with van der Waals surface area (Å²) >= 11 is 0. The van der Waals surface area contributed by atoms with Gasteiger partial charge in [-0.1, -0.05) is 20.8 Å². The molecule has 0 saturated heterocycles. The van der Waals surface area contributed by atoms with Crippen molar-refractivity contribution in [2.45, 2.75) is 32.6 Å².